The molecule has 8 aromatic carbocycles. The first-order chi connectivity index (χ1) is 31.1. The maximum absolute atomic E-state index is 6.37. The molecule has 0 saturated carbocycles. The van der Waals surface area contributed by atoms with Gasteiger partial charge in [0.05, 0.1) is 0 Å². The molecule has 0 radical (unpaired) electrons. The normalized spacial score (nSPS) is 22.0. The van der Waals surface area contributed by atoms with Gasteiger partial charge in [0.1, 0.15) is 48.6 Å². The van der Waals surface area contributed by atoms with Crippen LogP contribution in [0, 0.1) is 0 Å². The zero-order valence-electron chi connectivity index (χ0n) is 33.7. The Morgan fingerprint density at radius 3 is 0.937 bits per heavy atom. The molecule has 15 heteroatoms. The molecule has 0 aliphatic carbocycles. The van der Waals surface area contributed by atoms with Crippen LogP contribution < -0.4 is 42.4 Å². The Kier molecular flexibility index (Phi) is 10.9. The van der Waals surface area contributed by atoms with E-state index in [-0.39, 0.29) is 0 Å². The Morgan fingerprint density at radius 1 is 0.302 bits per heavy atom. The zero-order valence-corrected chi connectivity index (χ0v) is 39.7. The highest BCUT2D eigenvalue weighted by Gasteiger charge is 2.43. The van der Waals surface area contributed by atoms with E-state index < -0.39 is 58.6 Å². The lowest BCUT2D eigenvalue weighted by molar-refractivity contribution is 1.63. The quantitative estimate of drug-likeness (QED) is 0.107. The van der Waals surface area contributed by atoms with Crippen molar-refractivity contribution in [1.29, 1.82) is 0 Å². The van der Waals surface area contributed by atoms with Crippen molar-refractivity contribution in [3.05, 3.63) is 243 Å². The molecule has 0 saturated heterocycles. The molecule has 3 atom stereocenters. The summed E-state index contributed by atoms with van der Waals surface area (Å²) in [5, 5.41) is 8.10. The predicted molar refractivity (Wildman–Crippen MR) is 278 cm³/mol. The monoisotopic (exact) mass is 948 g/mol. The van der Waals surface area contributed by atoms with Gasteiger partial charge in [-0.25, -0.2) is 9.03 Å². The molecule has 0 aromatic heterocycles. The molecular formula is C48H40N8P4S3. The van der Waals surface area contributed by atoms with Gasteiger partial charge in [0.15, 0.2) is 9.99 Å². The van der Waals surface area contributed by atoms with E-state index in [1.54, 1.807) is 0 Å². The summed E-state index contributed by atoms with van der Waals surface area (Å²) in [6, 6.07) is 84.6. The van der Waals surface area contributed by atoms with E-state index in [4.69, 9.17) is 33.1 Å². The summed E-state index contributed by atoms with van der Waals surface area (Å²) in [6.07, 6.45) is 0. The van der Waals surface area contributed by atoms with Crippen LogP contribution in [0.3, 0.4) is 0 Å². The topological polar surface area (TPSA) is 98.9 Å². The van der Waals surface area contributed by atoms with Crippen molar-refractivity contribution in [2.75, 3.05) is 0 Å². The number of benzene rings is 8. The van der Waals surface area contributed by atoms with Gasteiger partial charge in [-0.3, -0.25) is 0 Å². The molecule has 310 valence electrons. The highest BCUT2D eigenvalue weighted by Crippen LogP contribution is 2.69. The lowest BCUT2D eigenvalue weighted by Gasteiger charge is -2.31. The minimum atomic E-state index is -3.25. The van der Waals surface area contributed by atoms with Crippen molar-refractivity contribution in [2.24, 2.45) is 33.1 Å². The maximum atomic E-state index is 6.37. The fraction of sp³-hybridized carbons (Fsp3) is 0. The molecule has 0 fully saturated rings. The van der Waals surface area contributed by atoms with E-state index in [0.717, 1.165) is 42.4 Å². The first kappa shape index (κ1) is 40.7. The second-order valence-electron chi connectivity index (χ2n) is 14.7. The van der Waals surface area contributed by atoms with Crippen molar-refractivity contribution in [3.8, 4) is 0 Å². The Bertz CT molecular complexity index is 3190. The molecule has 3 unspecified atom stereocenters. The van der Waals surface area contributed by atoms with Crippen molar-refractivity contribution in [3.63, 3.8) is 0 Å². The van der Waals surface area contributed by atoms with E-state index >= 15 is 0 Å². The standard InChI is InChI=1S/C48H40N8P4S3/c1-9-25-41(26-10-1)57(42-27-11-2-12-28-42)49-59(45-33-17-5-18-34-45,46-35-19-6-20-36-46)53-63-54-60(47-37-21-7-22-38-47,48-39-23-8-24-40-48)50-58(43-29-13-3-14-30-43,44-31-15-4-16-32-44)52-62(56-63)61(51-57)55-63/h1-40H. The van der Waals surface area contributed by atoms with E-state index in [9.17, 15) is 0 Å². The van der Waals surface area contributed by atoms with Crippen LogP contribution in [0.25, 0.3) is 0 Å². The number of hydrogen-bond acceptors (Lipinski definition) is 8. The van der Waals surface area contributed by atoms with Gasteiger partial charge in [-0.15, -0.1) is 7.54 Å². The van der Waals surface area contributed by atoms with Crippen molar-refractivity contribution in [1.82, 2.24) is 0 Å². The van der Waals surface area contributed by atoms with Crippen LogP contribution in [0.1, 0.15) is 0 Å². The Hall–Kier alpha value is -5.07. The summed E-state index contributed by atoms with van der Waals surface area (Å²) in [4.78, 5) is 0. The first-order valence-corrected chi connectivity index (χ1v) is 31.3. The van der Waals surface area contributed by atoms with Crippen LogP contribution >= 0.6 is 28.8 Å². The summed E-state index contributed by atoms with van der Waals surface area (Å²) >= 11 is 0. The SMILES string of the molecule is c1ccc(P2(c3ccccc3)=NS3=NS4(=NS3=NP(c3ccccc3)(c3ccccc3)=NP(c3ccccc3)(c3ccccc3)=N4)=NP(c3ccccc3)(c3ccccc3)=N2)cc1. The largest absolute Gasteiger partial charge is 0.222 e. The molecule has 8 aromatic rings. The fourth-order valence-corrected chi connectivity index (χ4v) is 39.5. The number of rotatable bonds is 8. The van der Waals surface area contributed by atoms with Gasteiger partial charge in [-0.1, -0.05) is 243 Å². The summed E-state index contributed by atoms with van der Waals surface area (Å²) in [5.41, 5.74) is 0. The minimum Gasteiger partial charge on any atom is -0.222 e. The van der Waals surface area contributed by atoms with E-state index in [2.05, 4.69) is 243 Å². The average Bonchev–Trinajstić information content (AvgIpc) is 3.72. The lowest BCUT2D eigenvalue weighted by Crippen LogP contribution is -2.21. The summed E-state index contributed by atoms with van der Waals surface area (Å²) in [6.45, 7) is 0. The second-order valence-corrected chi connectivity index (χ2v) is 32.6. The number of hydrogen-bond donors (Lipinski definition) is 0. The molecule has 0 amide bonds. The summed E-state index contributed by atoms with van der Waals surface area (Å²) in [5.74, 6) is 0. The highest BCUT2D eigenvalue weighted by molar-refractivity contribution is 8.66. The Balaban J connectivity index is 1.44. The molecule has 63 heavy (non-hydrogen) atoms. The van der Waals surface area contributed by atoms with Crippen molar-refractivity contribution < 1.29 is 0 Å². The second kappa shape index (κ2) is 16.8. The van der Waals surface area contributed by atoms with Gasteiger partial charge in [0.25, 0.3) is 0 Å². The molecule has 8 nitrogen and oxygen atoms in total. The van der Waals surface area contributed by atoms with Crippen LogP contribution in [0.4, 0.5) is 0 Å². The van der Waals surface area contributed by atoms with Crippen LogP contribution in [0.5, 0.6) is 0 Å². The third-order valence-electron chi connectivity index (χ3n) is 10.7. The fourth-order valence-electron chi connectivity index (χ4n) is 7.84. The third-order valence-corrected chi connectivity index (χ3v) is 35.7. The van der Waals surface area contributed by atoms with E-state index in [0.29, 0.717) is 0 Å². The Morgan fingerprint density at radius 2 is 0.587 bits per heavy atom. The van der Waals surface area contributed by atoms with Gasteiger partial charge in [0, 0.05) is 42.4 Å². The van der Waals surface area contributed by atoms with Crippen molar-refractivity contribution >= 4 is 101 Å². The first-order valence-electron chi connectivity index (χ1n) is 20.3. The molecule has 3 aliphatic rings. The minimum absolute atomic E-state index is 0.994. The summed E-state index contributed by atoms with van der Waals surface area (Å²) in [7, 11) is -18.0. The Labute approximate surface area is 374 Å². The summed E-state index contributed by atoms with van der Waals surface area (Å²) < 4.78 is 49.3. The van der Waals surface area contributed by atoms with Gasteiger partial charge < -0.3 is 0 Å². The average molecular weight is 949 g/mol. The van der Waals surface area contributed by atoms with E-state index in [1.807, 2.05) is 0 Å². The predicted octanol–water partition coefficient (Wildman–Crippen LogP) is 11.8. The van der Waals surface area contributed by atoms with Gasteiger partial charge in [-0.05, 0) is 0 Å². The van der Waals surface area contributed by atoms with Gasteiger partial charge >= 0.3 is 0 Å². The van der Waals surface area contributed by atoms with Crippen molar-refractivity contribution in [2.45, 2.75) is 0 Å². The molecule has 0 N–H and O–H groups in total. The molecule has 3 heterocycles. The number of fused-ring (bicyclic) bond motifs is 2. The van der Waals surface area contributed by atoms with Crippen LogP contribution in [0.15, 0.2) is 276 Å². The van der Waals surface area contributed by atoms with Gasteiger partial charge in [0.2, 0.25) is 0 Å². The van der Waals surface area contributed by atoms with Gasteiger partial charge in [-0.2, -0.15) is 16.6 Å². The molecule has 3 bridgehead atoms. The van der Waals surface area contributed by atoms with Crippen LogP contribution in [-0.2, 0) is 29.8 Å². The molecule has 11 rings (SSSR count). The molecular weight excluding hydrogens is 909 g/mol. The van der Waals surface area contributed by atoms with Crippen LogP contribution in [-0.4, -0.2) is 0 Å². The zero-order chi connectivity index (χ0) is 42.2. The smallest absolute Gasteiger partial charge is 0.178 e. The molecule has 1 spiro atoms. The third kappa shape index (κ3) is 7.16. The number of nitrogens with zero attached hydrogens (tertiary/aromatic N) is 8. The highest BCUT2D eigenvalue weighted by atomic mass is 33.1. The maximum Gasteiger partial charge on any atom is 0.178 e. The molecule has 3 aliphatic heterocycles. The van der Waals surface area contributed by atoms with Crippen LogP contribution in [0.2, 0.25) is 0 Å². The van der Waals surface area contributed by atoms with E-state index in [1.165, 1.54) is 0 Å². The lowest BCUT2D eigenvalue weighted by atomic mass is 10.4.